The molecule has 8 nitrogen and oxygen atoms in total. The first-order valence-corrected chi connectivity index (χ1v) is 6.65. The van der Waals surface area contributed by atoms with E-state index in [9.17, 15) is 20.0 Å². The first-order valence-electron chi connectivity index (χ1n) is 6.65. The average Bonchev–Trinajstić information content (AvgIpc) is 2.52. The summed E-state index contributed by atoms with van der Waals surface area (Å²) in [6, 6.07) is 9.92. The molecule has 2 rings (SSSR count). The van der Waals surface area contributed by atoms with Crippen LogP contribution in [0.2, 0.25) is 0 Å². The molecule has 2 aromatic carbocycles. The van der Waals surface area contributed by atoms with Crippen LogP contribution < -0.4 is 0 Å². The topological polar surface area (TPSA) is 125 Å². The van der Waals surface area contributed by atoms with Crippen molar-refractivity contribution in [1.29, 1.82) is 0 Å². The number of phenolic OH excluding ortho intramolecular Hbond substituents is 1. The summed E-state index contributed by atoms with van der Waals surface area (Å²) in [5.74, 6) is -0.946. The highest BCUT2D eigenvalue weighted by Gasteiger charge is 2.07. The summed E-state index contributed by atoms with van der Waals surface area (Å²) in [7, 11) is 0. The lowest BCUT2D eigenvalue weighted by molar-refractivity contribution is -0.384. The molecule has 23 heavy (non-hydrogen) atoms. The first kappa shape index (κ1) is 16.1. The van der Waals surface area contributed by atoms with Crippen LogP contribution in [0.1, 0.15) is 12.0 Å². The predicted molar refractivity (Wildman–Crippen MR) is 81.3 cm³/mol. The highest BCUT2D eigenvalue weighted by Crippen LogP contribution is 2.28. The highest BCUT2D eigenvalue weighted by molar-refractivity contribution is 5.67. The second-order valence-electron chi connectivity index (χ2n) is 4.68. The van der Waals surface area contributed by atoms with E-state index in [1.54, 1.807) is 6.07 Å². The number of nitrogens with zero attached hydrogens (tertiary/aromatic N) is 3. The Bertz CT molecular complexity index is 756. The Morgan fingerprint density at radius 3 is 2.43 bits per heavy atom. The summed E-state index contributed by atoms with van der Waals surface area (Å²) in [5, 5.41) is 36.8. The average molecular weight is 315 g/mol. The fourth-order valence-corrected chi connectivity index (χ4v) is 1.85. The van der Waals surface area contributed by atoms with Crippen LogP contribution in [0.3, 0.4) is 0 Å². The molecular formula is C15H13N3O5. The third kappa shape index (κ3) is 4.60. The van der Waals surface area contributed by atoms with E-state index in [-0.39, 0.29) is 24.3 Å². The van der Waals surface area contributed by atoms with Crippen LogP contribution in [0.15, 0.2) is 52.7 Å². The van der Waals surface area contributed by atoms with Gasteiger partial charge in [0.2, 0.25) is 0 Å². The molecule has 0 saturated carbocycles. The van der Waals surface area contributed by atoms with Gasteiger partial charge in [-0.2, -0.15) is 10.2 Å². The minimum atomic E-state index is -0.934. The summed E-state index contributed by atoms with van der Waals surface area (Å²) in [5.41, 5.74) is 1.34. The number of carboxylic acid groups (broad SMARTS) is 1. The summed E-state index contributed by atoms with van der Waals surface area (Å²) in [6.07, 6.45) is 0.190. The fraction of sp³-hybridized carbons (Fsp3) is 0.133. The second-order valence-corrected chi connectivity index (χ2v) is 4.68. The van der Waals surface area contributed by atoms with E-state index < -0.39 is 10.9 Å². The van der Waals surface area contributed by atoms with E-state index in [0.29, 0.717) is 16.9 Å². The summed E-state index contributed by atoms with van der Waals surface area (Å²) >= 11 is 0. The number of azo groups is 1. The number of hydrogen-bond donors (Lipinski definition) is 2. The Balaban J connectivity index is 2.21. The number of non-ortho nitro benzene ring substituents is 1. The SMILES string of the molecule is O=C(O)CCc1ccc(O)cc1N=Nc1ccc([N+](=O)[O-])cc1. The van der Waals surface area contributed by atoms with E-state index in [1.165, 1.54) is 36.4 Å². The van der Waals surface area contributed by atoms with Crippen molar-refractivity contribution in [1.82, 2.24) is 0 Å². The maximum atomic E-state index is 10.7. The molecule has 0 aromatic heterocycles. The number of aryl methyl sites for hydroxylation is 1. The highest BCUT2D eigenvalue weighted by atomic mass is 16.6. The third-order valence-corrected chi connectivity index (χ3v) is 3.01. The van der Waals surface area contributed by atoms with Gasteiger partial charge >= 0.3 is 5.97 Å². The van der Waals surface area contributed by atoms with E-state index in [0.717, 1.165) is 0 Å². The number of phenols is 1. The van der Waals surface area contributed by atoms with Crippen LogP contribution in [0, 0.1) is 10.1 Å². The lowest BCUT2D eigenvalue weighted by Gasteiger charge is -2.04. The lowest BCUT2D eigenvalue weighted by atomic mass is 10.1. The largest absolute Gasteiger partial charge is 0.508 e. The van der Waals surface area contributed by atoms with Crippen LogP contribution in [-0.4, -0.2) is 21.1 Å². The molecule has 0 fully saturated rings. The number of rotatable bonds is 6. The van der Waals surface area contributed by atoms with E-state index >= 15 is 0 Å². The molecule has 118 valence electrons. The Labute approximate surface area is 130 Å². The van der Waals surface area contributed by atoms with Gasteiger partial charge in [-0.3, -0.25) is 14.9 Å². The predicted octanol–water partition coefficient (Wildman–Crippen LogP) is 3.73. The van der Waals surface area contributed by atoms with Gasteiger partial charge in [0.25, 0.3) is 5.69 Å². The summed E-state index contributed by atoms with van der Waals surface area (Å²) in [6.45, 7) is 0. The van der Waals surface area contributed by atoms with Gasteiger partial charge in [0.1, 0.15) is 5.75 Å². The van der Waals surface area contributed by atoms with Crippen molar-refractivity contribution in [2.75, 3.05) is 0 Å². The van der Waals surface area contributed by atoms with Crippen LogP contribution >= 0.6 is 0 Å². The van der Waals surface area contributed by atoms with Gasteiger partial charge in [0.15, 0.2) is 0 Å². The van der Waals surface area contributed by atoms with Crippen LogP contribution in [-0.2, 0) is 11.2 Å². The third-order valence-electron chi connectivity index (χ3n) is 3.01. The molecule has 0 aliphatic rings. The summed E-state index contributed by atoms with van der Waals surface area (Å²) < 4.78 is 0. The molecule has 8 heteroatoms. The van der Waals surface area contributed by atoms with Crippen LogP contribution in [0.25, 0.3) is 0 Å². The number of hydrogen-bond acceptors (Lipinski definition) is 6. The molecule has 0 radical (unpaired) electrons. The maximum absolute atomic E-state index is 10.7. The van der Waals surface area contributed by atoms with Gasteiger partial charge < -0.3 is 10.2 Å². The number of aromatic hydroxyl groups is 1. The molecule has 0 aliphatic carbocycles. The Morgan fingerprint density at radius 1 is 1.13 bits per heavy atom. The standard InChI is InChI=1S/C15H13N3O5/c19-13-7-1-10(2-8-15(20)21)14(9-13)17-16-11-3-5-12(6-4-11)18(22)23/h1,3-7,9,19H,2,8H2,(H,20,21). The quantitative estimate of drug-likeness (QED) is 0.477. The Morgan fingerprint density at radius 2 is 1.83 bits per heavy atom. The summed E-state index contributed by atoms with van der Waals surface area (Å²) in [4.78, 5) is 20.7. The molecule has 2 N–H and O–H groups in total. The molecule has 0 unspecified atom stereocenters. The van der Waals surface area contributed by atoms with Crippen LogP contribution in [0.4, 0.5) is 17.1 Å². The number of carboxylic acids is 1. The second kappa shape index (κ2) is 7.12. The molecule has 0 saturated heterocycles. The number of aliphatic carboxylic acids is 1. The van der Waals surface area contributed by atoms with Gasteiger partial charge in [0, 0.05) is 24.6 Å². The smallest absolute Gasteiger partial charge is 0.303 e. The number of benzene rings is 2. The van der Waals surface area contributed by atoms with Gasteiger partial charge in [-0.05, 0) is 30.2 Å². The maximum Gasteiger partial charge on any atom is 0.303 e. The zero-order valence-electron chi connectivity index (χ0n) is 11.9. The molecule has 0 bridgehead atoms. The Kier molecular flexibility index (Phi) is 4.98. The lowest BCUT2D eigenvalue weighted by Crippen LogP contribution is -1.97. The van der Waals surface area contributed by atoms with Crippen LogP contribution in [0.5, 0.6) is 5.75 Å². The van der Waals surface area contributed by atoms with Crippen molar-refractivity contribution < 1.29 is 19.9 Å². The minimum Gasteiger partial charge on any atom is -0.508 e. The minimum absolute atomic E-state index is 0.0123. The zero-order valence-corrected chi connectivity index (χ0v) is 11.9. The van der Waals surface area contributed by atoms with Gasteiger partial charge in [-0.1, -0.05) is 6.07 Å². The fourth-order valence-electron chi connectivity index (χ4n) is 1.85. The number of carbonyl (C=O) groups is 1. The van der Waals surface area contributed by atoms with Gasteiger partial charge in [0.05, 0.1) is 16.3 Å². The van der Waals surface area contributed by atoms with Crippen molar-refractivity contribution in [3.05, 3.63) is 58.1 Å². The number of nitro benzene ring substituents is 1. The van der Waals surface area contributed by atoms with Gasteiger partial charge in [-0.15, -0.1) is 0 Å². The van der Waals surface area contributed by atoms with Gasteiger partial charge in [-0.25, -0.2) is 0 Å². The molecule has 0 heterocycles. The van der Waals surface area contributed by atoms with Crippen molar-refractivity contribution in [3.63, 3.8) is 0 Å². The van der Waals surface area contributed by atoms with Crippen molar-refractivity contribution in [2.45, 2.75) is 12.8 Å². The first-order chi connectivity index (χ1) is 11.0. The van der Waals surface area contributed by atoms with Crippen molar-refractivity contribution in [2.24, 2.45) is 10.2 Å². The number of nitro groups is 1. The molecule has 0 amide bonds. The van der Waals surface area contributed by atoms with Crippen molar-refractivity contribution in [3.8, 4) is 5.75 Å². The molecule has 0 aliphatic heterocycles. The van der Waals surface area contributed by atoms with E-state index in [2.05, 4.69) is 10.2 Å². The van der Waals surface area contributed by atoms with E-state index in [4.69, 9.17) is 5.11 Å². The molecule has 0 atom stereocenters. The normalized spacial score (nSPS) is 10.8. The molecule has 0 spiro atoms. The molecular weight excluding hydrogens is 302 g/mol. The van der Waals surface area contributed by atoms with Crippen molar-refractivity contribution >= 4 is 23.0 Å². The monoisotopic (exact) mass is 315 g/mol. The molecule has 2 aromatic rings. The Hall–Kier alpha value is -3.29. The zero-order chi connectivity index (χ0) is 16.8. The van der Waals surface area contributed by atoms with E-state index in [1.807, 2.05) is 0 Å².